The molecule has 0 aliphatic heterocycles. The normalized spacial score (nSPS) is 10.7. The molecule has 10 heteroatoms. The van der Waals surface area contributed by atoms with Crippen LogP contribution in [0.2, 0.25) is 0 Å². The number of anilines is 3. The van der Waals surface area contributed by atoms with E-state index in [1.54, 1.807) is 49.4 Å². The Balaban J connectivity index is 1.70. The highest BCUT2D eigenvalue weighted by molar-refractivity contribution is 5.93. The molecule has 3 amide bonds. The second-order valence-corrected chi connectivity index (χ2v) is 7.76. The molecule has 0 spiro atoms. The summed E-state index contributed by atoms with van der Waals surface area (Å²) < 4.78 is 10.2. The Kier molecular flexibility index (Phi) is 8.58. The van der Waals surface area contributed by atoms with Gasteiger partial charge in [0.25, 0.3) is 0 Å². The number of hydrogen-bond donors (Lipinski definition) is 3. The van der Waals surface area contributed by atoms with Gasteiger partial charge in [0.2, 0.25) is 11.8 Å². The molecule has 0 bridgehead atoms. The fourth-order valence-electron chi connectivity index (χ4n) is 3.49. The Morgan fingerprint density at radius 2 is 1.57 bits per heavy atom. The first-order valence-corrected chi connectivity index (χ1v) is 11.2. The number of nitrogens with one attached hydrogen (secondary N) is 3. The molecule has 0 fully saturated rings. The van der Waals surface area contributed by atoms with Crippen molar-refractivity contribution in [3.05, 3.63) is 64.5 Å². The molecule has 3 aromatic rings. The highest BCUT2D eigenvalue weighted by atomic mass is 16.5. The number of benzene rings is 2. The van der Waals surface area contributed by atoms with Crippen LogP contribution in [0.1, 0.15) is 26.3 Å². The third kappa shape index (κ3) is 7.41. The topological polar surface area (TPSA) is 130 Å². The summed E-state index contributed by atoms with van der Waals surface area (Å²) in [6.07, 6.45) is -0.599. The second-order valence-electron chi connectivity index (χ2n) is 7.76. The summed E-state index contributed by atoms with van der Waals surface area (Å²) in [5, 5.41) is 8.78. The monoisotopic (exact) mass is 480 g/mol. The number of fused-ring (bicyclic) bond motifs is 1. The SMILES string of the molecule is CCOC(=O)Nc1ccc2c(CN(CC)CC(=O)Nc3ccc(NC(C)=O)cc3)cc(=O)oc2c1. The van der Waals surface area contributed by atoms with Gasteiger partial charge in [0, 0.05) is 48.0 Å². The summed E-state index contributed by atoms with van der Waals surface area (Å²) in [7, 11) is 0. The minimum atomic E-state index is -0.599. The Bertz CT molecular complexity index is 1270. The van der Waals surface area contributed by atoms with Gasteiger partial charge in [0.05, 0.1) is 13.2 Å². The van der Waals surface area contributed by atoms with Crippen LogP contribution in [0.4, 0.5) is 21.9 Å². The lowest BCUT2D eigenvalue weighted by Gasteiger charge is -2.20. The van der Waals surface area contributed by atoms with Crippen LogP contribution in [0.5, 0.6) is 0 Å². The predicted octanol–water partition coefficient (Wildman–Crippen LogP) is 3.78. The molecule has 2 aromatic carbocycles. The van der Waals surface area contributed by atoms with Crippen LogP contribution in [0.25, 0.3) is 11.0 Å². The van der Waals surface area contributed by atoms with Gasteiger partial charge in [-0.3, -0.25) is 19.8 Å². The number of ether oxygens (including phenoxy) is 1. The molecule has 0 aliphatic carbocycles. The Labute approximate surface area is 202 Å². The van der Waals surface area contributed by atoms with Gasteiger partial charge in [-0.2, -0.15) is 0 Å². The number of rotatable bonds is 9. The number of carbonyl (C=O) groups excluding carboxylic acids is 3. The molecule has 0 aliphatic rings. The van der Waals surface area contributed by atoms with E-state index in [4.69, 9.17) is 9.15 Å². The van der Waals surface area contributed by atoms with Crippen molar-refractivity contribution >= 4 is 45.9 Å². The Hall–Kier alpha value is -4.18. The van der Waals surface area contributed by atoms with E-state index in [0.717, 1.165) is 0 Å². The molecule has 0 unspecified atom stereocenters. The highest BCUT2D eigenvalue weighted by Gasteiger charge is 2.14. The van der Waals surface area contributed by atoms with Crippen LogP contribution >= 0.6 is 0 Å². The molecule has 184 valence electrons. The fourth-order valence-corrected chi connectivity index (χ4v) is 3.49. The molecule has 3 rings (SSSR count). The van der Waals surface area contributed by atoms with E-state index in [1.807, 2.05) is 11.8 Å². The first-order valence-electron chi connectivity index (χ1n) is 11.2. The molecule has 3 N–H and O–H groups in total. The quantitative estimate of drug-likeness (QED) is 0.397. The van der Waals surface area contributed by atoms with Gasteiger partial charge in [0.15, 0.2) is 0 Å². The number of amides is 3. The first-order chi connectivity index (χ1) is 16.8. The maximum Gasteiger partial charge on any atom is 0.411 e. The molecule has 35 heavy (non-hydrogen) atoms. The summed E-state index contributed by atoms with van der Waals surface area (Å²) in [5.41, 5.74) is 2.18. The lowest BCUT2D eigenvalue weighted by Crippen LogP contribution is -2.33. The van der Waals surface area contributed by atoms with E-state index in [-0.39, 0.29) is 25.0 Å². The number of nitrogens with zero attached hydrogens (tertiary/aromatic N) is 1. The highest BCUT2D eigenvalue weighted by Crippen LogP contribution is 2.23. The third-order valence-electron chi connectivity index (χ3n) is 5.05. The minimum absolute atomic E-state index is 0.105. The van der Waals surface area contributed by atoms with Gasteiger partial charge >= 0.3 is 11.7 Å². The average molecular weight is 481 g/mol. The lowest BCUT2D eigenvalue weighted by molar-refractivity contribution is -0.117. The van der Waals surface area contributed by atoms with E-state index < -0.39 is 11.7 Å². The number of hydrogen-bond acceptors (Lipinski definition) is 7. The maximum absolute atomic E-state index is 12.6. The van der Waals surface area contributed by atoms with Gasteiger partial charge in [-0.25, -0.2) is 9.59 Å². The third-order valence-corrected chi connectivity index (χ3v) is 5.05. The minimum Gasteiger partial charge on any atom is -0.450 e. The zero-order valence-electron chi connectivity index (χ0n) is 19.8. The first kappa shape index (κ1) is 25.4. The zero-order chi connectivity index (χ0) is 25.4. The van der Waals surface area contributed by atoms with Crippen molar-refractivity contribution in [1.82, 2.24) is 4.90 Å². The lowest BCUT2D eigenvalue weighted by atomic mass is 10.1. The van der Waals surface area contributed by atoms with Crippen LogP contribution in [-0.2, 0) is 20.9 Å². The summed E-state index contributed by atoms with van der Waals surface area (Å²) in [6, 6.07) is 13.2. The molecule has 10 nitrogen and oxygen atoms in total. The van der Waals surface area contributed by atoms with Crippen LogP contribution in [0.15, 0.2) is 57.7 Å². The van der Waals surface area contributed by atoms with Crippen LogP contribution in [0, 0.1) is 0 Å². The molecule has 0 saturated heterocycles. The molecular formula is C25H28N4O6. The Morgan fingerprint density at radius 3 is 2.20 bits per heavy atom. The molecule has 0 radical (unpaired) electrons. The fraction of sp³-hybridized carbons (Fsp3) is 0.280. The van der Waals surface area contributed by atoms with Gasteiger partial charge in [0.1, 0.15) is 5.58 Å². The molecule has 1 heterocycles. The van der Waals surface area contributed by atoms with Crippen molar-refractivity contribution in [2.45, 2.75) is 27.3 Å². The van der Waals surface area contributed by atoms with Gasteiger partial charge in [-0.15, -0.1) is 0 Å². The standard InChI is InChI=1S/C25H28N4O6/c1-4-29(15-23(31)27-19-8-6-18(7-9-19)26-16(3)30)14-17-12-24(32)35-22-13-20(10-11-21(17)22)28-25(33)34-5-2/h6-13H,4-5,14-15H2,1-3H3,(H,26,30)(H,27,31)(H,28,33). The smallest absolute Gasteiger partial charge is 0.411 e. The number of carbonyl (C=O) groups is 3. The van der Waals surface area contributed by atoms with Crippen molar-refractivity contribution in [1.29, 1.82) is 0 Å². The summed E-state index contributed by atoms with van der Waals surface area (Å²) >= 11 is 0. The van der Waals surface area contributed by atoms with Crippen molar-refractivity contribution in [2.24, 2.45) is 0 Å². The van der Waals surface area contributed by atoms with E-state index in [2.05, 4.69) is 16.0 Å². The largest absolute Gasteiger partial charge is 0.450 e. The van der Waals surface area contributed by atoms with Crippen molar-refractivity contribution in [2.75, 3.05) is 35.6 Å². The van der Waals surface area contributed by atoms with Crippen molar-refractivity contribution in [3.8, 4) is 0 Å². The Morgan fingerprint density at radius 1 is 0.914 bits per heavy atom. The number of likely N-dealkylation sites (N-methyl/N-ethyl adjacent to an activating group) is 1. The molecule has 1 aromatic heterocycles. The van der Waals surface area contributed by atoms with Crippen molar-refractivity contribution < 1.29 is 23.5 Å². The van der Waals surface area contributed by atoms with Crippen LogP contribution in [-0.4, -0.2) is 42.5 Å². The van der Waals surface area contributed by atoms with E-state index >= 15 is 0 Å². The predicted molar refractivity (Wildman–Crippen MR) is 133 cm³/mol. The second kappa shape index (κ2) is 11.8. The summed E-state index contributed by atoms with van der Waals surface area (Å²) in [6.45, 7) is 6.31. The van der Waals surface area contributed by atoms with Gasteiger partial charge < -0.3 is 19.8 Å². The summed E-state index contributed by atoms with van der Waals surface area (Å²) in [4.78, 5) is 49.5. The average Bonchev–Trinajstić information content (AvgIpc) is 2.79. The van der Waals surface area contributed by atoms with Gasteiger partial charge in [-0.1, -0.05) is 6.92 Å². The van der Waals surface area contributed by atoms with E-state index in [1.165, 1.54) is 13.0 Å². The van der Waals surface area contributed by atoms with Crippen molar-refractivity contribution in [3.63, 3.8) is 0 Å². The molecule has 0 atom stereocenters. The van der Waals surface area contributed by atoms with Gasteiger partial charge in [-0.05, 0) is 55.4 Å². The van der Waals surface area contributed by atoms with Crippen LogP contribution in [0.3, 0.4) is 0 Å². The van der Waals surface area contributed by atoms with E-state index in [9.17, 15) is 19.2 Å². The molecular weight excluding hydrogens is 452 g/mol. The zero-order valence-corrected chi connectivity index (χ0v) is 19.8. The maximum atomic E-state index is 12.6. The van der Waals surface area contributed by atoms with Crippen LogP contribution < -0.4 is 21.6 Å². The summed E-state index contributed by atoms with van der Waals surface area (Å²) in [5.74, 6) is -0.387. The van der Waals surface area contributed by atoms with E-state index in [0.29, 0.717) is 46.7 Å². The molecule has 0 saturated carbocycles.